The van der Waals surface area contributed by atoms with Crippen molar-refractivity contribution < 1.29 is 29.0 Å². The Morgan fingerprint density at radius 1 is 1.26 bits per heavy atom. The topological polar surface area (TPSA) is 116 Å². The third-order valence-electron chi connectivity index (χ3n) is 3.16. The molecule has 0 heterocycles. The maximum absolute atomic E-state index is 11.8. The molecule has 0 bridgehead atoms. The number of aliphatic carboxylic acids is 1. The summed E-state index contributed by atoms with van der Waals surface area (Å²) in [5.74, 6) is -2.82. The van der Waals surface area contributed by atoms with Gasteiger partial charge in [0.25, 0.3) is 0 Å². The normalized spacial score (nSPS) is 24.3. The minimum Gasteiger partial charge on any atom is -0.481 e. The number of ether oxygens (including phenoxy) is 2. The van der Waals surface area contributed by atoms with Gasteiger partial charge in [0.1, 0.15) is 12.7 Å². The summed E-state index contributed by atoms with van der Waals surface area (Å²) in [5, 5.41) is 9.06. The van der Waals surface area contributed by atoms with E-state index in [0.29, 0.717) is 12.8 Å². The highest BCUT2D eigenvalue weighted by molar-refractivity contribution is 5.81. The summed E-state index contributed by atoms with van der Waals surface area (Å²) >= 11 is 0. The van der Waals surface area contributed by atoms with Crippen molar-refractivity contribution in [2.24, 2.45) is 17.6 Å². The van der Waals surface area contributed by atoms with Gasteiger partial charge in [-0.15, -0.1) is 0 Å². The standard InChI is InChI=1S/C12H19NO6/c1-7(19-12(13)17)6-18-11(16)9-5-3-2-4-8(9)10(14)15/h7-9H,2-6H2,1H3,(H2,13,17)(H,14,15). The second-order valence-electron chi connectivity index (χ2n) is 4.71. The zero-order valence-corrected chi connectivity index (χ0v) is 10.8. The van der Waals surface area contributed by atoms with Crippen LogP contribution in [0.5, 0.6) is 0 Å². The molecule has 0 spiro atoms. The molecule has 0 aliphatic heterocycles. The summed E-state index contributed by atoms with van der Waals surface area (Å²) in [4.78, 5) is 33.4. The molecule has 0 radical (unpaired) electrons. The van der Waals surface area contributed by atoms with Crippen molar-refractivity contribution >= 4 is 18.0 Å². The third-order valence-corrected chi connectivity index (χ3v) is 3.16. The van der Waals surface area contributed by atoms with Gasteiger partial charge >= 0.3 is 18.0 Å². The fourth-order valence-corrected chi connectivity index (χ4v) is 2.25. The lowest BCUT2D eigenvalue weighted by molar-refractivity contribution is -0.161. The first-order valence-electron chi connectivity index (χ1n) is 6.27. The zero-order chi connectivity index (χ0) is 14.4. The molecule has 3 N–H and O–H groups in total. The molecule has 0 aromatic heterocycles. The van der Waals surface area contributed by atoms with Gasteiger partial charge in [0.05, 0.1) is 11.8 Å². The minimum absolute atomic E-state index is 0.120. The van der Waals surface area contributed by atoms with Crippen LogP contribution in [0.25, 0.3) is 0 Å². The Morgan fingerprint density at radius 3 is 2.37 bits per heavy atom. The molecule has 108 valence electrons. The number of amides is 1. The molecule has 1 aliphatic carbocycles. The summed E-state index contributed by atoms with van der Waals surface area (Å²) in [5.41, 5.74) is 4.82. The van der Waals surface area contributed by atoms with Gasteiger partial charge < -0.3 is 20.3 Å². The number of hydrogen-bond donors (Lipinski definition) is 2. The molecule has 7 heteroatoms. The van der Waals surface area contributed by atoms with Gasteiger partial charge in [0, 0.05) is 0 Å². The van der Waals surface area contributed by atoms with Gasteiger partial charge in [-0.1, -0.05) is 12.8 Å². The molecule has 1 saturated carbocycles. The van der Waals surface area contributed by atoms with Crippen LogP contribution in [0.2, 0.25) is 0 Å². The Kier molecular flexibility index (Phi) is 5.59. The van der Waals surface area contributed by atoms with Gasteiger partial charge in [-0.3, -0.25) is 9.59 Å². The minimum atomic E-state index is -0.969. The Labute approximate surface area is 111 Å². The fourth-order valence-electron chi connectivity index (χ4n) is 2.25. The van der Waals surface area contributed by atoms with Crippen molar-refractivity contribution in [2.75, 3.05) is 6.61 Å². The molecule has 7 nitrogen and oxygen atoms in total. The summed E-state index contributed by atoms with van der Waals surface area (Å²) in [7, 11) is 0. The fraction of sp³-hybridized carbons (Fsp3) is 0.750. The van der Waals surface area contributed by atoms with E-state index in [1.54, 1.807) is 0 Å². The number of carboxylic acid groups (broad SMARTS) is 1. The van der Waals surface area contributed by atoms with Crippen LogP contribution in [0.15, 0.2) is 0 Å². The first-order valence-corrected chi connectivity index (χ1v) is 6.27. The molecule has 0 aromatic rings. The number of carbonyl (C=O) groups excluding carboxylic acids is 2. The highest BCUT2D eigenvalue weighted by atomic mass is 16.6. The molecule has 0 aromatic carbocycles. The largest absolute Gasteiger partial charge is 0.481 e. The van der Waals surface area contributed by atoms with E-state index in [9.17, 15) is 14.4 Å². The molecule has 3 atom stereocenters. The average molecular weight is 273 g/mol. The number of hydrogen-bond acceptors (Lipinski definition) is 5. The van der Waals surface area contributed by atoms with Crippen LogP contribution in [0.4, 0.5) is 4.79 Å². The highest BCUT2D eigenvalue weighted by Gasteiger charge is 2.36. The lowest BCUT2D eigenvalue weighted by atomic mass is 9.79. The van der Waals surface area contributed by atoms with Gasteiger partial charge in [-0.05, 0) is 19.8 Å². The van der Waals surface area contributed by atoms with Crippen LogP contribution in [-0.4, -0.2) is 35.8 Å². The number of nitrogens with two attached hydrogens (primary N) is 1. The third kappa shape index (κ3) is 4.76. The van der Waals surface area contributed by atoms with Crippen LogP contribution in [0.1, 0.15) is 32.6 Å². The molecule has 19 heavy (non-hydrogen) atoms. The summed E-state index contributed by atoms with van der Waals surface area (Å²) in [6.45, 7) is 1.41. The van der Waals surface area contributed by atoms with Crippen molar-refractivity contribution in [1.29, 1.82) is 0 Å². The van der Waals surface area contributed by atoms with Gasteiger partial charge in [0.2, 0.25) is 0 Å². The van der Waals surface area contributed by atoms with Crippen molar-refractivity contribution in [1.82, 2.24) is 0 Å². The average Bonchev–Trinajstić information content (AvgIpc) is 2.35. The lowest BCUT2D eigenvalue weighted by Crippen LogP contribution is -2.35. The molecule has 1 fully saturated rings. The smallest absolute Gasteiger partial charge is 0.404 e. The summed E-state index contributed by atoms with van der Waals surface area (Å²) in [6.07, 6.45) is 1.04. The van der Waals surface area contributed by atoms with Crippen molar-refractivity contribution in [2.45, 2.75) is 38.7 Å². The second kappa shape index (κ2) is 6.96. The Morgan fingerprint density at radius 2 is 1.84 bits per heavy atom. The maximum atomic E-state index is 11.8. The molecule has 1 rings (SSSR count). The van der Waals surface area contributed by atoms with Gasteiger partial charge in [-0.25, -0.2) is 4.79 Å². The molecular weight excluding hydrogens is 254 g/mol. The van der Waals surface area contributed by atoms with E-state index in [-0.39, 0.29) is 6.61 Å². The van der Waals surface area contributed by atoms with Crippen LogP contribution in [0.3, 0.4) is 0 Å². The van der Waals surface area contributed by atoms with Crippen LogP contribution >= 0.6 is 0 Å². The molecule has 1 aliphatic rings. The molecular formula is C12H19NO6. The maximum Gasteiger partial charge on any atom is 0.404 e. The Bertz CT molecular complexity index is 356. The number of rotatable bonds is 5. The number of carbonyl (C=O) groups is 3. The van der Waals surface area contributed by atoms with E-state index in [0.717, 1.165) is 12.8 Å². The number of primary amides is 1. The number of esters is 1. The predicted octanol–water partition coefficient (Wildman–Crippen LogP) is 0.904. The first kappa shape index (κ1) is 15.3. The quantitative estimate of drug-likeness (QED) is 0.719. The van der Waals surface area contributed by atoms with E-state index < -0.39 is 36.0 Å². The highest BCUT2D eigenvalue weighted by Crippen LogP contribution is 2.31. The Balaban J connectivity index is 2.47. The Hall–Kier alpha value is -1.79. The van der Waals surface area contributed by atoms with Crippen LogP contribution < -0.4 is 5.73 Å². The summed E-state index contributed by atoms with van der Waals surface area (Å²) < 4.78 is 9.60. The molecule has 1 amide bonds. The van der Waals surface area contributed by atoms with E-state index in [2.05, 4.69) is 4.74 Å². The summed E-state index contributed by atoms with van der Waals surface area (Å²) in [6, 6.07) is 0. The molecule has 3 unspecified atom stereocenters. The number of carboxylic acids is 1. The van der Waals surface area contributed by atoms with E-state index >= 15 is 0 Å². The van der Waals surface area contributed by atoms with Crippen molar-refractivity contribution in [3.05, 3.63) is 0 Å². The molecule has 0 saturated heterocycles. The van der Waals surface area contributed by atoms with Crippen LogP contribution in [0, 0.1) is 11.8 Å². The van der Waals surface area contributed by atoms with Gasteiger partial charge in [-0.2, -0.15) is 0 Å². The van der Waals surface area contributed by atoms with E-state index in [4.69, 9.17) is 15.6 Å². The van der Waals surface area contributed by atoms with E-state index in [1.165, 1.54) is 6.92 Å². The second-order valence-corrected chi connectivity index (χ2v) is 4.71. The van der Waals surface area contributed by atoms with Gasteiger partial charge in [0.15, 0.2) is 0 Å². The predicted molar refractivity (Wildman–Crippen MR) is 64.2 cm³/mol. The van der Waals surface area contributed by atoms with Crippen molar-refractivity contribution in [3.63, 3.8) is 0 Å². The van der Waals surface area contributed by atoms with Crippen molar-refractivity contribution in [3.8, 4) is 0 Å². The monoisotopic (exact) mass is 273 g/mol. The van der Waals surface area contributed by atoms with E-state index in [1.807, 2.05) is 0 Å². The zero-order valence-electron chi connectivity index (χ0n) is 10.8. The SMILES string of the molecule is CC(COC(=O)C1CCCCC1C(=O)O)OC(N)=O. The van der Waals surface area contributed by atoms with Crippen LogP contribution in [-0.2, 0) is 19.1 Å². The first-order chi connectivity index (χ1) is 8.91. The lowest BCUT2D eigenvalue weighted by Gasteiger charge is -2.27.